The highest BCUT2D eigenvalue weighted by atomic mass is 16.2. The number of carbonyl (C=O) groups is 3. The van der Waals surface area contributed by atoms with Gasteiger partial charge in [0.2, 0.25) is 5.91 Å². The highest BCUT2D eigenvalue weighted by molar-refractivity contribution is 6.06. The Morgan fingerprint density at radius 1 is 1.22 bits per heavy atom. The van der Waals surface area contributed by atoms with Crippen LogP contribution in [0.5, 0.6) is 0 Å². The first kappa shape index (κ1) is 17.7. The molecule has 0 N–H and O–H groups in total. The predicted molar refractivity (Wildman–Crippen MR) is 88.6 cm³/mol. The lowest BCUT2D eigenvalue weighted by molar-refractivity contribution is -0.149. The van der Waals surface area contributed by atoms with Gasteiger partial charge in [0.05, 0.1) is 6.04 Å². The van der Waals surface area contributed by atoms with E-state index in [-0.39, 0.29) is 23.8 Å². The molecule has 1 saturated heterocycles. The Morgan fingerprint density at radius 2 is 1.96 bits per heavy atom. The Balaban J connectivity index is 1.88. The monoisotopic (exact) mass is 320 g/mol. The third kappa shape index (κ3) is 4.21. The summed E-state index contributed by atoms with van der Waals surface area (Å²) in [6.07, 6.45) is 10.7. The molecule has 1 fully saturated rings. The van der Waals surface area contributed by atoms with Gasteiger partial charge >= 0.3 is 0 Å². The molecule has 0 saturated carbocycles. The number of hydrogen-bond acceptors (Lipinski definition) is 3. The van der Waals surface area contributed by atoms with Crippen LogP contribution < -0.4 is 0 Å². The van der Waals surface area contributed by atoms with Crippen LogP contribution in [0.4, 0.5) is 0 Å². The zero-order valence-corrected chi connectivity index (χ0v) is 14.3. The molecule has 0 bridgehead atoms. The summed E-state index contributed by atoms with van der Waals surface area (Å²) in [7, 11) is 0. The molecule has 2 aliphatic rings. The first-order valence-electron chi connectivity index (χ1n) is 8.91. The molecule has 0 aromatic heterocycles. The Hall–Kier alpha value is -1.65. The molecule has 2 heterocycles. The van der Waals surface area contributed by atoms with Crippen molar-refractivity contribution in [1.29, 1.82) is 0 Å². The van der Waals surface area contributed by atoms with E-state index in [2.05, 4.69) is 6.92 Å². The van der Waals surface area contributed by atoms with E-state index in [0.717, 1.165) is 25.7 Å². The quantitative estimate of drug-likeness (QED) is 0.535. The molecule has 2 aliphatic heterocycles. The van der Waals surface area contributed by atoms with Crippen molar-refractivity contribution >= 4 is 17.7 Å². The largest absolute Gasteiger partial charge is 0.331 e. The van der Waals surface area contributed by atoms with E-state index in [1.807, 2.05) is 6.92 Å². The van der Waals surface area contributed by atoms with E-state index in [1.54, 1.807) is 11.0 Å². The van der Waals surface area contributed by atoms with E-state index >= 15 is 0 Å². The smallest absolute Gasteiger partial charge is 0.253 e. The molecule has 0 aromatic carbocycles. The zero-order chi connectivity index (χ0) is 16.8. The van der Waals surface area contributed by atoms with Gasteiger partial charge in [-0.25, -0.2) is 0 Å². The van der Waals surface area contributed by atoms with Crippen LogP contribution in [0.3, 0.4) is 0 Å². The van der Waals surface area contributed by atoms with E-state index in [0.29, 0.717) is 19.4 Å². The van der Waals surface area contributed by atoms with Crippen molar-refractivity contribution in [2.24, 2.45) is 0 Å². The van der Waals surface area contributed by atoms with Gasteiger partial charge in [0.25, 0.3) is 11.8 Å². The van der Waals surface area contributed by atoms with Gasteiger partial charge in [0, 0.05) is 19.0 Å². The normalized spacial score (nSPS) is 23.8. The summed E-state index contributed by atoms with van der Waals surface area (Å²) in [5, 5.41) is 0. The summed E-state index contributed by atoms with van der Waals surface area (Å²) in [5.74, 6) is -0.421. The fraction of sp³-hybridized carbons (Fsp3) is 0.722. The SMILES string of the molecule is CCCCCCCC(=O)N1CCC[C@H]1C(=O)N1C(=O)C=C[C@@H]1C. The maximum Gasteiger partial charge on any atom is 0.253 e. The van der Waals surface area contributed by atoms with Crippen LogP contribution in [-0.2, 0) is 14.4 Å². The summed E-state index contributed by atoms with van der Waals surface area (Å²) in [5.41, 5.74) is 0. The van der Waals surface area contributed by atoms with E-state index < -0.39 is 6.04 Å². The van der Waals surface area contributed by atoms with Gasteiger partial charge in [-0.1, -0.05) is 38.7 Å². The second-order valence-electron chi connectivity index (χ2n) is 6.56. The molecule has 0 aliphatic carbocycles. The maximum absolute atomic E-state index is 12.7. The van der Waals surface area contributed by atoms with Gasteiger partial charge in [-0.2, -0.15) is 0 Å². The van der Waals surface area contributed by atoms with E-state index in [4.69, 9.17) is 0 Å². The van der Waals surface area contributed by atoms with Crippen LogP contribution in [0, 0.1) is 0 Å². The number of rotatable bonds is 7. The number of imide groups is 1. The van der Waals surface area contributed by atoms with Crippen LogP contribution in [-0.4, -0.2) is 46.1 Å². The van der Waals surface area contributed by atoms with Gasteiger partial charge in [0.15, 0.2) is 0 Å². The molecule has 23 heavy (non-hydrogen) atoms. The third-order valence-corrected chi connectivity index (χ3v) is 4.75. The van der Waals surface area contributed by atoms with E-state index in [1.165, 1.54) is 23.8 Å². The summed E-state index contributed by atoms with van der Waals surface area (Å²) in [6.45, 7) is 4.63. The number of amides is 3. The van der Waals surface area contributed by atoms with Crippen LogP contribution in [0.25, 0.3) is 0 Å². The number of hydrogen-bond donors (Lipinski definition) is 0. The average Bonchev–Trinajstić information content (AvgIpc) is 3.13. The summed E-state index contributed by atoms with van der Waals surface area (Å²) >= 11 is 0. The Kier molecular flexibility index (Phi) is 6.37. The highest BCUT2D eigenvalue weighted by Gasteiger charge is 2.40. The van der Waals surface area contributed by atoms with E-state index in [9.17, 15) is 14.4 Å². The van der Waals surface area contributed by atoms with Crippen molar-refractivity contribution < 1.29 is 14.4 Å². The molecule has 128 valence electrons. The highest BCUT2D eigenvalue weighted by Crippen LogP contribution is 2.24. The van der Waals surface area contributed by atoms with Crippen LogP contribution in [0.15, 0.2) is 12.2 Å². The van der Waals surface area contributed by atoms with Gasteiger partial charge in [-0.15, -0.1) is 0 Å². The summed E-state index contributed by atoms with van der Waals surface area (Å²) in [4.78, 5) is 39.9. The van der Waals surface area contributed by atoms with Crippen molar-refractivity contribution in [2.75, 3.05) is 6.54 Å². The van der Waals surface area contributed by atoms with Crippen molar-refractivity contribution in [2.45, 2.75) is 77.3 Å². The molecule has 0 radical (unpaired) electrons. The maximum atomic E-state index is 12.7. The summed E-state index contributed by atoms with van der Waals surface area (Å²) in [6, 6.07) is -0.661. The fourth-order valence-corrected chi connectivity index (χ4v) is 3.40. The average molecular weight is 320 g/mol. The first-order chi connectivity index (χ1) is 11.1. The Morgan fingerprint density at radius 3 is 2.61 bits per heavy atom. The minimum absolute atomic E-state index is 0.0598. The molecule has 5 nitrogen and oxygen atoms in total. The minimum Gasteiger partial charge on any atom is -0.331 e. The van der Waals surface area contributed by atoms with Crippen molar-refractivity contribution in [1.82, 2.24) is 9.80 Å². The molecule has 2 rings (SSSR count). The lowest BCUT2D eigenvalue weighted by atomic mass is 10.1. The van der Waals surface area contributed by atoms with Crippen molar-refractivity contribution in [3.8, 4) is 0 Å². The van der Waals surface area contributed by atoms with Gasteiger partial charge in [0.1, 0.15) is 6.04 Å². The number of carbonyl (C=O) groups excluding carboxylic acids is 3. The number of likely N-dealkylation sites (tertiary alicyclic amines) is 1. The first-order valence-corrected chi connectivity index (χ1v) is 8.91. The number of unbranched alkanes of at least 4 members (excludes halogenated alkanes) is 4. The van der Waals surface area contributed by atoms with Crippen molar-refractivity contribution in [3.05, 3.63) is 12.2 Å². The van der Waals surface area contributed by atoms with Gasteiger partial charge in [-0.05, 0) is 26.2 Å². The second kappa shape index (κ2) is 8.27. The Bertz CT molecular complexity index is 487. The second-order valence-corrected chi connectivity index (χ2v) is 6.56. The molecule has 0 unspecified atom stereocenters. The molecular weight excluding hydrogens is 292 g/mol. The van der Waals surface area contributed by atoms with Gasteiger partial charge < -0.3 is 4.90 Å². The van der Waals surface area contributed by atoms with Gasteiger partial charge in [-0.3, -0.25) is 19.3 Å². The third-order valence-electron chi connectivity index (χ3n) is 4.75. The fourth-order valence-electron chi connectivity index (χ4n) is 3.40. The molecule has 2 atom stereocenters. The molecular formula is C18H28N2O3. The molecule has 0 spiro atoms. The molecule has 0 aromatic rings. The molecule has 5 heteroatoms. The van der Waals surface area contributed by atoms with Crippen LogP contribution in [0.1, 0.15) is 65.2 Å². The van der Waals surface area contributed by atoms with Crippen LogP contribution in [0.2, 0.25) is 0 Å². The molecule has 3 amide bonds. The predicted octanol–water partition coefficient (Wildman–Crippen LogP) is 2.65. The van der Waals surface area contributed by atoms with Crippen molar-refractivity contribution in [3.63, 3.8) is 0 Å². The zero-order valence-electron chi connectivity index (χ0n) is 14.3. The Labute approximate surface area is 138 Å². The topological polar surface area (TPSA) is 57.7 Å². The summed E-state index contributed by atoms with van der Waals surface area (Å²) < 4.78 is 0. The standard InChI is InChI=1S/C18H28N2O3/c1-3-4-5-6-7-10-16(21)19-13-8-9-15(19)18(23)20-14(2)11-12-17(20)22/h11-12,14-15H,3-10,13H2,1-2H3/t14-,15-/m0/s1. The lowest BCUT2D eigenvalue weighted by Crippen LogP contribution is -2.50. The minimum atomic E-state index is -0.454. The van der Waals surface area contributed by atoms with Crippen LogP contribution >= 0.6 is 0 Å². The number of nitrogens with zero attached hydrogens (tertiary/aromatic N) is 2. The lowest BCUT2D eigenvalue weighted by Gasteiger charge is -2.29.